The van der Waals surface area contributed by atoms with Gasteiger partial charge in [0.1, 0.15) is 0 Å². The molecule has 6 heteroatoms. The topological polar surface area (TPSA) is 92.4 Å². The average molecular weight is 335 g/mol. The fourth-order valence-electron chi connectivity index (χ4n) is 1.76. The van der Waals surface area contributed by atoms with Gasteiger partial charge in [-0.3, -0.25) is 4.79 Å². The van der Waals surface area contributed by atoms with Gasteiger partial charge in [-0.25, -0.2) is 4.79 Å². The Labute approximate surface area is 123 Å². The van der Waals surface area contributed by atoms with E-state index in [1.54, 1.807) is 30.3 Å². The van der Waals surface area contributed by atoms with E-state index in [1.807, 2.05) is 0 Å². The first-order valence-corrected chi connectivity index (χ1v) is 6.47. The van der Waals surface area contributed by atoms with Crippen molar-refractivity contribution in [2.75, 3.05) is 5.32 Å². The molecule has 0 saturated carbocycles. The fourth-order valence-corrected chi connectivity index (χ4v) is 2.33. The summed E-state index contributed by atoms with van der Waals surface area (Å²) in [6.07, 6.45) is 0. The number of nitrogens with two attached hydrogens (primary N) is 1. The quantitative estimate of drug-likeness (QED) is 0.801. The van der Waals surface area contributed by atoms with E-state index in [1.165, 1.54) is 12.1 Å². The van der Waals surface area contributed by atoms with E-state index in [9.17, 15) is 9.59 Å². The smallest absolute Gasteiger partial charge is 0.335 e. The summed E-state index contributed by atoms with van der Waals surface area (Å²) < 4.78 is 0.574. The highest BCUT2D eigenvalue weighted by Crippen LogP contribution is 2.27. The van der Waals surface area contributed by atoms with Gasteiger partial charge in [-0.15, -0.1) is 0 Å². The Bertz CT molecular complexity index is 686. The third kappa shape index (κ3) is 2.97. The molecule has 2 rings (SSSR count). The SMILES string of the molecule is NC(=O)c1c(Br)cccc1Nc1cccc(C(=O)O)c1. The fraction of sp³-hybridized carbons (Fsp3) is 0. The Morgan fingerprint density at radius 1 is 1.15 bits per heavy atom. The third-order valence-corrected chi connectivity index (χ3v) is 3.31. The number of carbonyl (C=O) groups is 2. The molecule has 0 atom stereocenters. The minimum atomic E-state index is -1.02. The average Bonchev–Trinajstić information content (AvgIpc) is 2.38. The Morgan fingerprint density at radius 3 is 2.50 bits per heavy atom. The van der Waals surface area contributed by atoms with Gasteiger partial charge in [0.15, 0.2) is 0 Å². The first-order valence-electron chi connectivity index (χ1n) is 5.67. The van der Waals surface area contributed by atoms with Gasteiger partial charge in [0.05, 0.1) is 16.8 Å². The second kappa shape index (κ2) is 5.75. The standard InChI is InChI=1S/C14H11BrN2O3/c15-10-5-2-6-11(12(10)13(16)18)17-9-4-1-3-8(7-9)14(19)20/h1-7,17H,(H2,16,18)(H,19,20). The van der Waals surface area contributed by atoms with Crippen LogP contribution in [0.1, 0.15) is 20.7 Å². The molecule has 4 N–H and O–H groups in total. The number of carbonyl (C=O) groups excluding carboxylic acids is 1. The highest BCUT2D eigenvalue weighted by atomic mass is 79.9. The molecule has 0 bridgehead atoms. The Balaban J connectivity index is 2.40. The van der Waals surface area contributed by atoms with E-state index < -0.39 is 11.9 Å². The molecule has 20 heavy (non-hydrogen) atoms. The first-order chi connectivity index (χ1) is 9.49. The number of hydrogen-bond donors (Lipinski definition) is 3. The number of hydrogen-bond acceptors (Lipinski definition) is 3. The monoisotopic (exact) mass is 334 g/mol. The molecule has 102 valence electrons. The van der Waals surface area contributed by atoms with Crippen LogP contribution in [0.3, 0.4) is 0 Å². The normalized spacial score (nSPS) is 10.1. The van der Waals surface area contributed by atoms with Gasteiger partial charge < -0.3 is 16.2 Å². The van der Waals surface area contributed by atoms with E-state index in [-0.39, 0.29) is 5.56 Å². The van der Waals surface area contributed by atoms with Crippen molar-refractivity contribution in [3.8, 4) is 0 Å². The molecular formula is C14H11BrN2O3. The van der Waals surface area contributed by atoms with Gasteiger partial charge in [-0.1, -0.05) is 12.1 Å². The molecule has 0 heterocycles. The van der Waals surface area contributed by atoms with Gasteiger partial charge in [0, 0.05) is 10.2 Å². The summed E-state index contributed by atoms with van der Waals surface area (Å²) in [4.78, 5) is 22.4. The second-order valence-corrected chi connectivity index (χ2v) is 4.89. The third-order valence-electron chi connectivity index (χ3n) is 2.65. The zero-order chi connectivity index (χ0) is 14.7. The molecule has 0 spiro atoms. The van der Waals surface area contributed by atoms with Gasteiger partial charge in [-0.2, -0.15) is 0 Å². The van der Waals surface area contributed by atoms with Crippen LogP contribution in [0.2, 0.25) is 0 Å². The van der Waals surface area contributed by atoms with Crippen molar-refractivity contribution < 1.29 is 14.7 Å². The number of carboxylic acids is 1. The highest BCUT2D eigenvalue weighted by molar-refractivity contribution is 9.10. The summed E-state index contributed by atoms with van der Waals surface area (Å²) in [6.45, 7) is 0. The minimum Gasteiger partial charge on any atom is -0.478 e. The molecule has 2 aromatic carbocycles. The maximum Gasteiger partial charge on any atom is 0.335 e. The van der Waals surface area contributed by atoms with Crippen LogP contribution in [0.5, 0.6) is 0 Å². The first kappa shape index (κ1) is 14.1. The van der Waals surface area contributed by atoms with E-state index in [2.05, 4.69) is 21.2 Å². The summed E-state index contributed by atoms with van der Waals surface area (Å²) in [5.74, 6) is -1.59. The molecule has 5 nitrogen and oxygen atoms in total. The Morgan fingerprint density at radius 2 is 1.85 bits per heavy atom. The number of primary amides is 1. The lowest BCUT2D eigenvalue weighted by molar-refractivity contribution is 0.0696. The van der Waals surface area contributed by atoms with Crippen LogP contribution in [-0.2, 0) is 0 Å². The molecular weight excluding hydrogens is 324 g/mol. The zero-order valence-corrected chi connectivity index (χ0v) is 11.8. The molecule has 0 aliphatic rings. The molecule has 0 aliphatic heterocycles. The minimum absolute atomic E-state index is 0.158. The maximum absolute atomic E-state index is 11.5. The van der Waals surface area contributed by atoms with Gasteiger partial charge >= 0.3 is 5.97 Å². The maximum atomic E-state index is 11.5. The number of nitrogens with one attached hydrogen (secondary N) is 1. The summed E-state index contributed by atoms with van der Waals surface area (Å²) in [6, 6.07) is 11.4. The van der Waals surface area contributed by atoms with Crippen molar-refractivity contribution in [1.82, 2.24) is 0 Å². The second-order valence-electron chi connectivity index (χ2n) is 4.04. The van der Waals surface area contributed by atoms with Gasteiger partial charge in [0.25, 0.3) is 5.91 Å². The van der Waals surface area contributed by atoms with Crippen molar-refractivity contribution in [2.24, 2.45) is 5.73 Å². The van der Waals surface area contributed by atoms with Crippen LogP contribution in [0.4, 0.5) is 11.4 Å². The summed E-state index contributed by atoms with van der Waals surface area (Å²) in [5.41, 5.74) is 6.88. The van der Waals surface area contributed by atoms with E-state index in [0.717, 1.165) is 0 Å². The number of carboxylic acid groups (broad SMARTS) is 1. The van der Waals surface area contributed by atoms with Crippen LogP contribution in [-0.4, -0.2) is 17.0 Å². The van der Waals surface area contributed by atoms with Crippen LogP contribution in [0.25, 0.3) is 0 Å². The summed E-state index contributed by atoms with van der Waals surface area (Å²) in [5, 5.41) is 11.9. The number of benzene rings is 2. The number of rotatable bonds is 4. The number of anilines is 2. The molecule has 0 unspecified atom stereocenters. The zero-order valence-electron chi connectivity index (χ0n) is 10.3. The summed E-state index contributed by atoms with van der Waals surface area (Å²) >= 11 is 3.26. The molecule has 0 fully saturated rings. The largest absolute Gasteiger partial charge is 0.478 e. The number of halogens is 1. The Hall–Kier alpha value is -2.34. The molecule has 1 amide bonds. The number of aromatic carboxylic acids is 1. The molecule has 2 aromatic rings. The predicted molar refractivity (Wildman–Crippen MR) is 79.3 cm³/mol. The van der Waals surface area contributed by atoms with Gasteiger partial charge in [0.2, 0.25) is 0 Å². The lowest BCUT2D eigenvalue weighted by Crippen LogP contribution is -2.14. The van der Waals surface area contributed by atoms with E-state index >= 15 is 0 Å². The van der Waals surface area contributed by atoms with Crippen LogP contribution < -0.4 is 11.1 Å². The highest BCUT2D eigenvalue weighted by Gasteiger charge is 2.12. The lowest BCUT2D eigenvalue weighted by Gasteiger charge is -2.11. The van der Waals surface area contributed by atoms with Crippen molar-refractivity contribution in [3.63, 3.8) is 0 Å². The van der Waals surface area contributed by atoms with Gasteiger partial charge in [-0.05, 0) is 46.3 Å². The molecule has 0 aromatic heterocycles. The van der Waals surface area contributed by atoms with Crippen LogP contribution in [0, 0.1) is 0 Å². The number of amides is 1. The predicted octanol–water partition coefficient (Wildman–Crippen LogP) is 2.99. The van der Waals surface area contributed by atoms with E-state index in [4.69, 9.17) is 10.8 Å². The van der Waals surface area contributed by atoms with Crippen LogP contribution >= 0.6 is 15.9 Å². The van der Waals surface area contributed by atoms with Crippen molar-refractivity contribution in [1.29, 1.82) is 0 Å². The summed E-state index contributed by atoms with van der Waals surface area (Å²) in [7, 11) is 0. The van der Waals surface area contributed by atoms with E-state index in [0.29, 0.717) is 21.4 Å². The van der Waals surface area contributed by atoms with Crippen LogP contribution in [0.15, 0.2) is 46.9 Å². The van der Waals surface area contributed by atoms with Crippen molar-refractivity contribution in [3.05, 3.63) is 58.1 Å². The molecule has 0 aliphatic carbocycles. The Kier molecular flexibility index (Phi) is 4.05. The lowest BCUT2D eigenvalue weighted by atomic mass is 10.1. The molecule has 0 radical (unpaired) electrons. The molecule has 0 saturated heterocycles. The van der Waals surface area contributed by atoms with Crippen molar-refractivity contribution in [2.45, 2.75) is 0 Å². The van der Waals surface area contributed by atoms with Crippen molar-refractivity contribution >= 4 is 39.2 Å².